The maximum absolute atomic E-state index is 12.5. The van der Waals surface area contributed by atoms with Gasteiger partial charge in [-0.1, -0.05) is 18.2 Å². The van der Waals surface area contributed by atoms with E-state index in [0.717, 1.165) is 11.1 Å². The lowest BCUT2D eigenvalue weighted by Gasteiger charge is -2.04. The number of carbonyl (C=O) groups is 1. The van der Waals surface area contributed by atoms with E-state index in [0.29, 0.717) is 17.1 Å². The molecule has 0 saturated heterocycles. The van der Waals surface area contributed by atoms with Gasteiger partial charge in [-0.05, 0) is 54.8 Å². The summed E-state index contributed by atoms with van der Waals surface area (Å²) in [4.78, 5) is 12.5. The molecule has 0 amide bonds. The molecule has 4 nitrogen and oxygen atoms in total. The molecule has 0 fully saturated rings. The van der Waals surface area contributed by atoms with E-state index in [4.69, 9.17) is 9.47 Å². The van der Waals surface area contributed by atoms with Gasteiger partial charge in [-0.3, -0.25) is 4.79 Å². The highest BCUT2D eigenvalue weighted by Gasteiger charge is 2.18. The SMILES string of the molecule is Cc1ccc(/C=C(/C#N)C(=O)c2ccc3c(c2)OCO3)cc1C. The molecule has 0 aliphatic carbocycles. The fourth-order valence-electron chi connectivity index (χ4n) is 2.36. The number of benzene rings is 2. The monoisotopic (exact) mass is 305 g/mol. The Morgan fingerprint density at radius 3 is 2.61 bits per heavy atom. The third-order valence-electron chi connectivity index (χ3n) is 3.84. The average molecular weight is 305 g/mol. The van der Waals surface area contributed by atoms with Crippen molar-refractivity contribution in [2.24, 2.45) is 0 Å². The Bertz CT molecular complexity index is 859. The Morgan fingerprint density at radius 2 is 1.87 bits per heavy atom. The van der Waals surface area contributed by atoms with Crippen LogP contribution in [0.3, 0.4) is 0 Å². The van der Waals surface area contributed by atoms with Gasteiger partial charge in [0.1, 0.15) is 11.6 Å². The van der Waals surface area contributed by atoms with Gasteiger partial charge < -0.3 is 9.47 Å². The summed E-state index contributed by atoms with van der Waals surface area (Å²) in [5, 5.41) is 9.34. The molecule has 23 heavy (non-hydrogen) atoms. The number of hydrogen-bond acceptors (Lipinski definition) is 4. The smallest absolute Gasteiger partial charge is 0.231 e. The van der Waals surface area contributed by atoms with Gasteiger partial charge in [0.25, 0.3) is 0 Å². The van der Waals surface area contributed by atoms with Crippen LogP contribution in [0.4, 0.5) is 0 Å². The molecule has 0 bridgehead atoms. The molecule has 0 N–H and O–H groups in total. The number of aryl methyl sites for hydroxylation is 2. The number of fused-ring (bicyclic) bond motifs is 1. The third-order valence-corrected chi connectivity index (χ3v) is 3.84. The summed E-state index contributed by atoms with van der Waals surface area (Å²) in [5.41, 5.74) is 3.62. The summed E-state index contributed by atoms with van der Waals surface area (Å²) in [6.45, 7) is 4.17. The van der Waals surface area contributed by atoms with Crippen LogP contribution in [0.15, 0.2) is 42.0 Å². The highest BCUT2D eigenvalue weighted by molar-refractivity contribution is 6.14. The molecule has 0 radical (unpaired) electrons. The lowest BCUT2D eigenvalue weighted by molar-refractivity contribution is 0.103. The summed E-state index contributed by atoms with van der Waals surface area (Å²) in [5.74, 6) is 0.807. The molecule has 0 atom stereocenters. The van der Waals surface area contributed by atoms with Crippen molar-refractivity contribution >= 4 is 11.9 Å². The van der Waals surface area contributed by atoms with Crippen molar-refractivity contribution in [2.45, 2.75) is 13.8 Å². The Hall–Kier alpha value is -3.06. The zero-order valence-electron chi connectivity index (χ0n) is 12.9. The summed E-state index contributed by atoms with van der Waals surface area (Å²) in [7, 11) is 0. The van der Waals surface area contributed by atoms with E-state index < -0.39 is 0 Å². The van der Waals surface area contributed by atoms with Crippen molar-refractivity contribution < 1.29 is 14.3 Å². The van der Waals surface area contributed by atoms with Gasteiger partial charge in [-0.2, -0.15) is 5.26 Å². The van der Waals surface area contributed by atoms with Crippen molar-refractivity contribution in [3.05, 3.63) is 64.2 Å². The first-order valence-electron chi connectivity index (χ1n) is 7.22. The number of carbonyl (C=O) groups excluding carboxylic acids is 1. The van der Waals surface area contributed by atoms with Crippen molar-refractivity contribution in [3.63, 3.8) is 0 Å². The van der Waals surface area contributed by atoms with E-state index in [1.807, 2.05) is 38.1 Å². The summed E-state index contributed by atoms with van der Waals surface area (Å²) in [6.07, 6.45) is 1.61. The molecule has 0 saturated carbocycles. The number of nitriles is 1. The van der Waals surface area contributed by atoms with Crippen molar-refractivity contribution in [3.8, 4) is 17.6 Å². The number of rotatable bonds is 3. The van der Waals surface area contributed by atoms with E-state index in [-0.39, 0.29) is 18.1 Å². The fourth-order valence-corrected chi connectivity index (χ4v) is 2.36. The second-order valence-electron chi connectivity index (χ2n) is 5.41. The lowest BCUT2D eigenvalue weighted by Crippen LogP contribution is -2.02. The molecule has 2 aromatic rings. The first kappa shape index (κ1) is 14.9. The van der Waals surface area contributed by atoms with Gasteiger partial charge in [0, 0.05) is 5.56 Å². The van der Waals surface area contributed by atoms with Gasteiger partial charge in [-0.15, -0.1) is 0 Å². The van der Waals surface area contributed by atoms with Crippen LogP contribution in [0.25, 0.3) is 6.08 Å². The van der Waals surface area contributed by atoms with Crippen LogP contribution in [0, 0.1) is 25.2 Å². The van der Waals surface area contributed by atoms with Crippen LogP contribution >= 0.6 is 0 Å². The summed E-state index contributed by atoms with van der Waals surface area (Å²) in [6, 6.07) is 12.7. The van der Waals surface area contributed by atoms with E-state index in [2.05, 4.69) is 0 Å². The van der Waals surface area contributed by atoms with E-state index in [1.165, 1.54) is 5.56 Å². The number of nitrogens with zero attached hydrogens (tertiary/aromatic N) is 1. The topological polar surface area (TPSA) is 59.3 Å². The largest absolute Gasteiger partial charge is 0.454 e. The molecule has 2 aromatic carbocycles. The minimum atomic E-state index is -0.330. The molecule has 1 aliphatic heterocycles. The van der Waals surface area contributed by atoms with E-state index >= 15 is 0 Å². The first-order chi connectivity index (χ1) is 11.1. The zero-order valence-corrected chi connectivity index (χ0v) is 12.9. The second-order valence-corrected chi connectivity index (χ2v) is 5.41. The number of hydrogen-bond donors (Lipinski definition) is 0. The zero-order chi connectivity index (χ0) is 16.4. The Morgan fingerprint density at radius 1 is 1.09 bits per heavy atom. The predicted molar refractivity (Wildman–Crippen MR) is 86.4 cm³/mol. The summed E-state index contributed by atoms with van der Waals surface area (Å²) >= 11 is 0. The Labute approximate surface area is 134 Å². The Balaban J connectivity index is 1.94. The number of Topliss-reactive ketones (excluding diaryl/α,β-unsaturated/α-hetero) is 1. The van der Waals surface area contributed by atoms with E-state index in [1.54, 1.807) is 24.3 Å². The molecule has 0 aromatic heterocycles. The van der Waals surface area contributed by atoms with Crippen molar-refractivity contribution in [1.82, 2.24) is 0 Å². The number of allylic oxidation sites excluding steroid dienone is 1. The highest BCUT2D eigenvalue weighted by atomic mass is 16.7. The number of ketones is 1. The quantitative estimate of drug-likeness (QED) is 0.491. The molecule has 1 heterocycles. The minimum absolute atomic E-state index is 0.0899. The first-order valence-corrected chi connectivity index (χ1v) is 7.22. The van der Waals surface area contributed by atoms with Crippen LogP contribution in [-0.2, 0) is 0 Å². The molecular formula is C19H15NO3. The molecule has 0 spiro atoms. The molecular weight excluding hydrogens is 290 g/mol. The maximum Gasteiger partial charge on any atom is 0.231 e. The third kappa shape index (κ3) is 2.95. The standard InChI is InChI=1S/C19H15NO3/c1-12-3-4-14(7-13(12)2)8-16(10-20)19(21)15-5-6-17-18(9-15)23-11-22-17/h3-9H,11H2,1-2H3/b16-8-. The molecule has 114 valence electrons. The van der Waals surface area contributed by atoms with Crippen molar-refractivity contribution in [2.75, 3.05) is 6.79 Å². The van der Waals surface area contributed by atoms with Crippen LogP contribution in [0.2, 0.25) is 0 Å². The second kappa shape index (κ2) is 5.98. The van der Waals surface area contributed by atoms with Crippen LogP contribution in [-0.4, -0.2) is 12.6 Å². The molecule has 3 rings (SSSR count). The van der Waals surface area contributed by atoms with Crippen LogP contribution in [0.1, 0.15) is 27.0 Å². The van der Waals surface area contributed by atoms with Crippen LogP contribution in [0.5, 0.6) is 11.5 Å². The van der Waals surface area contributed by atoms with Gasteiger partial charge in [0.15, 0.2) is 11.5 Å². The van der Waals surface area contributed by atoms with Crippen LogP contribution < -0.4 is 9.47 Å². The fraction of sp³-hybridized carbons (Fsp3) is 0.158. The lowest BCUT2D eigenvalue weighted by atomic mass is 10.00. The summed E-state index contributed by atoms with van der Waals surface area (Å²) < 4.78 is 10.5. The van der Waals surface area contributed by atoms with Gasteiger partial charge >= 0.3 is 0 Å². The Kier molecular flexibility index (Phi) is 3.86. The maximum atomic E-state index is 12.5. The highest BCUT2D eigenvalue weighted by Crippen LogP contribution is 2.33. The molecule has 0 unspecified atom stereocenters. The molecule has 1 aliphatic rings. The minimum Gasteiger partial charge on any atom is -0.454 e. The molecule has 4 heteroatoms. The number of ether oxygens (including phenoxy) is 2. The average Bonchev–Trinajstić information content (AvgIpc) is 3.02. The van der Waals surface area contributed by atoms with E-state index in [9.17, 15) is 10.1 Å². The normalized spacial score (nSPS) is 12.8. The van der Waals surface area contributed by atoms with Gasteiger partial charge in [0.2, 0.25) is 12.6 Å². The predicted octanol–water partition coefficient (Wildman–Crippen LogP) is 3.82. The van der Waals surface area contributed by atoms with Gasteiger partial charge in [-0.25, -0.2) is 0 Å². The van der Waals surface area contributed by atoms with Crippen molar-refractivity contribution in [1.29, 1.82) is 5.26 Å². The van der Waals surface area contributed by atoms with Gasteiger partial charge in [0.05, 0.1) is 0 Å².